The Morgan fingerprint density at radius 2 is 2.00 bits per heavy atom. The quantitative estimate of drug-likeness (QED) is 0.900. The number of carbonyl (C=O) groups is 1. The van der Waals surface area contributed by atoms with E-state index in [1.54, 1.807) is 0 Å². The third-order valence-corrected chi connectivity index (χ3v) is 4.10. The maximum Gasteiger partial charge on any atom is 0.242 e. The molecule has 100 valence electrons. The predicted molar refractivity (Wildman–Crippen MR) is 79.0 cm³/mol. The summed E-state index contributed by atoms with van der Waals surface area (Å²) >= 11 is 1.50. The van der Waals surface area contributed by atoms with E-state index in [2.05, 4.69) is 5.32 Å². The number of rotatable bonds is 4. The van der Waals surface area contributed by atoms with Gasteiger partial charge in [-0.25, -0.2) is 0 Å². The van der Waals surface area contributed by atoms with Crippen LogP contribution in [0, 0.1) is 6.92 Å². The summed E-state index contributed by atoms with van der Waals surface area (Å²) in [7, 11) is 0. The Kier molecular flexibility index (Phi) is 4.35. The van der Waals surface area contributed by atoms with Crippen molar-refractivity contribution in [1.82, 2.24) is 5.32 Å². The van der Waals surface area contributed by atoms with Crippen LogP contribution in [-0.2, 0) is 4.79 Å². The molecule has 2 aromatic rings. The highest BCUT2D eigenvalue weighted by atomic mass is 32.1. The van der Waals surface area contributed by atoms with Crippen molar-refractivity contribution in [2.45, 2.75) is 25.9 Å². The summed E-state index contributed by atoms with van der Waals surface area (Å²) in [6.07, 6.45) is 0. The van der Waals surface area contributed by atoms with Crippen molar-refractivity contribution in [3.8, 4) is 0 Å². The lowest BCUT2D eigenvalue weighted by Crippen LogP contribution is -2.35. The SMILES string of the molecule is Cc1ccccc1[C@H](C)NC(=O)C(N)c1cccs1. The third-order valence-electron chi connectivity index (χ3n) is 3.15. The number of nitrogens with one attached hydrogen (secondary N) is 1. The van der Waals surface area contributed by atoms with Crippen molar-refractivity contribution < 1.29 is 4.79 Å². The molecule has 0 saturated heterocycles. The van der Waals surface area contributed by atoms with Crippen LogP contribution < -0.4 is 11.1 Å². The van der Waals surface area contributed by atoms with Gasteiger partial charge in [0, 0.05) is 4.88 Å². The van der Waals surface area contributed by atoms with Crippen LogP contribution in [0.15, 0.2) is 41.8 Å². The third kappa shape index (κ3) is 3.22. The Balaban J connectivity index is 2.05. The van der Waals surface area contributed by atoms with Crippen LogP contribution in [0.25, 0.3) is 0 Å². The highest BCUT2D eigenvalue weighted by Crippen LogP contribution is 2.20. The van der Waals surface area contributed by atoms with E-state index in [1.807, 2.05) is 55.6 Å². The molecule has 3 nitrogen and oxygen atoms in total. The molecule has 0 radical (unpaired) electrons. The summed E-state index contributed by atoms with van der Waals surface area (Å²) in [5.74, 6) is -0.141. The molecule has 0 aliphatic carbocycles. The van der Waals surface area contributed by atoms with Crippen molar-refractivity contribution in [2.75, 3.05) is 0 Å². The van der Waals surface area contributed by atoms with Crippen molar-refractivity contribution in [1.29, 1.82) is 0 Å². The van der Waals surface area contributed by atoms with Crippen LogP contribution in [0.3, 0.4) is 0 Å². The standard InChI is InChI=1S/C15H18N2OS/c1-10-6-3-4-7-12(10)11(2)17-15(18)14(16)13-8-5-9-19-13/h3-9,11,14H,16H2,1-2H3,(H,17,18)/t11-,14?/m0/s1. The fraction of sp³-hybridized carbons (Fsp3) is 0.267. The zero-order chi connectivity index (χ0) is 13.8. The van der Waals surface area contributed by atoms with Crippen molar-refractivity contribution in [3.05, 3.63) is 57.8 Å². The molecule has 1 heterocycles. The minimum Gasteiger partial charge on any atom is -0.348 e. The molecule has 19 heavy (non-hydrogen) atoms. The molecule has 2 rings (SSSR count). The van der Waals surface area contributed by atoms with Gasteiger partial charge in [-0.3, -0.25) is 4.79 Å². The average molecular weight is 274 g/mol. The van der Waals surface area contributed by atoms with Crippen molar-refractivity contribution >= 4 is 17.2 Å². The van der Waals surface area contributed by atoms with Gasteiger partial charge in [0.15, 0.2) is 0 Å². The summed E-state index contributed by atoms with van der Waals surface area (Å²) < 4.78 is 0. The molecule has 0 aliphatic rings. The Morgan fingerprint density at radius 1 is 1.26 bits per heavy atom. The number of nitrogens with two attached hydrogens (primary N) is 1. The molecule has 0 saturated carbocycles. The Bertz CT molecular complexity index is 551. The smallest absolute Gasteiger partial charge is 0.242 e. The lowest BCUT2D eigenvalue weighted by atomic mass is 10.0. The van der Waals surface area contributed by atoms with E-state index in [0.29, 0.717) is 0 Å². The van der Waals surface area contributed by atoms with E-state index < -0.39 is 6.04 Å². The zero-order valence-corrected chi connectivity index (χ0v) is 11.9. The molecule has 0 aliphatic heterocycles. The van der Waals surface area contributed by atoms with Crippen LogP contribution in [0.4, 0.5) is 0 Å². The summed E-state index contributed by atoms with van der Waals surface area (Å²) in [6, 6.07) is 11.2. The molecule has 0 spiro atoms. The molecule has 0 fully saturated rings. The molecule has 1 aromatic heterocycles. The highest BCUT2D eigenvalue weighted by molar-refractivity contribution is 7.10. The Hall–Kier alpha value is -1.65. The largest absolute Gasteiger partial charge is 0.348 e. The van der Waals surface area contributed by atoms with Gasteiger partial charge in [0.2, 0.25) is 5.91 Å². The minimum atomic E-state index is -0.591. The van der Waals surface area contributed by atoms with Gasteiger partial charge in [0.05, 0.1) is 6.04 Å². The zero-order valence-electron chi connectivity index (χ0n) is 11.1. The average Bonchev–Trinajstić information content (AvgIpc) is 2.92. The van der Waals surface area contributed by atoms with Gasteiger partial charge >= 0.3 is 0 Å². The number of carbonyl (C=O) groups excluding carboxylic acids is 1. The fourth-order valence-corrected chi connectivity index (χ4v) is 2.78. The summed E-state index contributed by atoms with van der Waals surface area (Å²) in [4.78, 5) is 13.0. The van der Waals surface area contributed by atoms with Crippen molar-refractivity contribution in [2.24, 2.45) is 5.73 Å². The first-order valence-electron chi connectivity index (χ1n) is 6.24. The van der Waals surface area contributed by atoms with Crippen LogP contribution in [0.5, 0.6) is 0 Å². The normalized spacial score (nSPS) is 13.8. The molecule has 2 atom stereocenters. The van der Waals surface area contributed by atoms with E-state index in [-0.39, 0.29) is 11.9 Å². The van der Waals surface area contributed by atoms with Gasteiger partial charge < -0.3 is 11.1 Å². The Labute approximate surface area is 117 Å². The highest BCUT2D eigenvalue weighted by Gasteiger charge is 2.19. The lowest BCUT2D eigenvalue weighted by Gasteiger charge is -2.18. The van der Waals surface area contributed by atoms with E-state index in [4.69, 9.17) is 5.73 Å². The molecule has 0 bridgehead atoms. The van der Waals surface area contributed by atoms with Gasteiger partial charge in [0.1, 0.15) is 6.04 Å². The predicted octanol–water partition coefficient (Wildman–Crippen LogP) is 2.93. The topological polar surface area (TPSA) is 55.1 Å². The summed E-state index contributed by atoms with van der Waals surface area (Å²) in [6.45, 7) is 4.01. The summed E-state index contributed by atoms with van der Waals surface area (Å²) in [5.41, 5.74) is 8.23. The summed E-state index contributed by atoms with van der Waals surface area (Å²) in [5, 5.41) is 4.89. The molecule has 3 N–H and O–H groups in total. The number of amides is 1. The molecule has 1 unspecified atom stereocenters. The van der Waals surface area contributed by atoms with E-state index in [0.717, 1.165) is 10.4 Å². The second-order valence-corrected chi connectivity index (χ2v) is 5.56. The van der Waals surface area contributed by atoms with Crippen LogP contribution >= 0.6 is 11.3 Å². The first kappa shape index (κ1) is 13.8. The number of aryl methyl sites for hydroxylation is 1. The van der Waals surface area contributed by atoms with E-state index in [9.17, 15) is 4.79 Å². The van der Waals surface area contributed by atoms with Gasteiger partial charge in [-0.1, -0.05) is 30.3 Å². The fourth-order valence-electron chi connectivity index (χ4n) is 2.05. The van der Waals surface area contributed by atoms with Crippen molar-refractivity contribution in [3.63, 3.8) is 0 Å². The molecular formula is C15H18N2OS. The maximum absolute atomic E-state index is 12.1. The molecular weight excluding hydrogens is 256 g/mol. The second-order valence-electron chi connectivity index (χ2n) is 4.58. The van der Waals surface area contributed by atoms with Gasteiger partial charge in [-0.15, -0.1) is 11.3 Å². The first-order valence-corrected chi connectivity index (χ1v) is 7.12. The van der Waals surface area contributed by atoms with E-state index in [1.165, 1.54) is 16.9 Å². The monoisotopic (exact) mass is 274 g/mol. The lowest BCUT2D eigenvalue weighted by molar-refractivity contribution is -0.123. The number of hydrogen-bond donors (Lipinski definition) is 2. The molecule has 4 heteroatoms. The van der Waals surface area contributed by atoms with Crippen LogP contribution in [0.1, 0.15) is 35.0 Å². The van der Waals surface area contributed by atoms with Gasteiger partial charge in [-0.05, 0) is 36.4 Å². The van der Waals surface area contributed by atoms with Gasteiger partial charge in [0.25, 0.3) is 0 Å². The second kappa shape index (κ2) is 5.99. The number of thiophene rings is 1. The molecule has 1 amide bonds. The minimum absolute atomic E-state index is 0.0419. The number of hydrogen-bond acceptors (Lipinski definition) is 3. The maximum atomic E-state index is 12.1. The van der Waals surface area contributed by atoms with E-state index >= 15 is 0 Å². The first-order chi connectivity index (χ1) is 9.09. The van der Waals surface area contributed by atoms with Crippen LogP contribution in [-0.4, -0.2) is 5.91 Å². The van der Waals surface area contributed by atoms with Gasteiger partial charge in [-0.2, -0.15) is 0 Å². The number of benzene rings is 1. The molecule has 1 aromatic carbocycles. The van der Waals surface area contributed by atoms with Crippen LogP contribution in [0.2, 0.25) is 0 Å². The Morgan fingerprint density at radius 3 is 2.63 bits per heavy atom.